The van der Waals surface area contributed by atoms with Crippen LogP contribution in [0.1, 0.15) is 48.3 Å². The summed E-state index contributed by atoms with van der Waals surface area (Å²) in [5.41, 5.74) is 4.12. The fourth-order valence-corrected chi connectivity index (χ4v) is 4.24. The van der Waals surface area contributed by atoms with Gasteiger partial charge in [-0.15, -0.1) is 0 Å². The number of benzene rings is 2. The summed E-state index contributed by atoms with van der Waals surface area (Å²) in [6, 6.07) is 10.9. The van der Waals surface area contributed by atoms with Gasteiger partial charge < -0.3 is 9.47 Å². The molecule has 0 spiro atoms. The van der Waals surface area contributed by atoms with Crippen molar-refractivity contribution in [2.24, 2.45) is 4.99 Å². The molecule has 0 saturated heterocycles. The zero-order valence-electron chi connectivity index (χ0n) is 15.5. The predicted molar refractivity (Wildman–Crippen MR) is 103 cm³/mol. The van der Waals surface area contributed by atoms with Crippen molar-refractivity contribution in [3.63, 3.8) is 0 Å². The number of hydrogen-bond acceptors (Lipinski definition) is 5. The monoisotopic (exact) mass is 366 g/mol. The van der Waals surface area contributed by atoms with Crippen LogP contribution in [0.5, 0.6) is 11.5 Å². The van der Waals surface area contributed by atoms with Crippen molar-refractivity contribution in [2.75, 3.05) is 14.2 Å². The molecule has 6 heteroatoms. The zero-order valence-corrected chi connectivity index (χ0v) is 15.5. The molecule has 1 fully saturated rings. The van der Waals surface area contributed by atoms with Crippen LogP contribution in [0.15, 0.2) is 41.4 Å². The van der Waals surface area contributed by atoms with E-state index in [-0.39, 0.29) is 16.7 Å². The highest BCUT2D eigenvalue weighted by Gasteiger charge is 2.34. The van der Waals surface area contributed by atoms with Crippen LogP contribution in [0.2, 0.25) is 0 Å². The molecule has 0 unspecified atom stereocenters. The van der Waals surface area contributed by atoms with E-state index in [1.807, 2.05) is 6.07 Å². The van der Waals surface area contributed by atoms with Crippen LogP contribution >= 0.6 is 0 Å². The van der Waals surface area contributed by atoms with Crippen molar-refractivity contribution in [3.8, 4) is 11.5 Å². The fraction of sp³-hybridized carbons (Fsp3) is 0.381. The molecule has 140 valence electrons. The van der Waals surface area contributed by atoms with E-state index in [2.05, 4.69) is 6.07 Å². The lowest BCUT2D eigenvalue weighted by Gasteiger charge is -2.35. The van der Waals surface area contributed by atoms with Crippen LogP contribution in [0, 0.1) is 10.1 Å². The first-order valence-corrected chi connectivity index (χ1v) is 9.21. The van der Waals surface area contributed by atoms with Crippen molar-refractivity contribution < 1.29 is 14.4 Å². The number of rotatable bonds is 4. The third-order valence-electron chi connectivity index (χ3n) is 5.59. The fourth-order valence-electron chi connectivity index (χ4n) is 4.24. The molecular weight excluding hydrogens is 344 g/mol. The van der Waals surface area contributed by atoms with Gasteiger partial charge in [-0.05, 0) is 42.7 Å². The lowest BCUT2D eigenvalue weighted by Crippen LogP contribution is -2.29. The molecule has 4 rings (SSSR count). The number of nitro groups is 1. The summed E-state index contributed by atoms with van der Waals surface area (Å²) in [6.45, 7) is 0. The van der Waals surface area contributed by atoms with Gasteiger partial charge in [0.25, 0.3) is 5.69 Å². The van der Waals surface area contributed by atoms with Gasteiger partial charge in [0.1, 0.15) is 0 Å². The summed E-state index contributed by atoms with van der Waals surface area (Å²) in [4.78, 5) is 15.7. The third kappa shape index (κ3) is 3.05. The van der Waals surface area contributed by atoms with Gasteiger partial charge in [-0.1, -0.05) is 12.8 Å². The van der Waals surface area contributed by atoms with E-state index in [9.17, 15) is 10.1 Å². The Kier molecular flexibility index (Phi) is 4.56. The number of non-ortho nitro benzene ring substituents is 1. The van der Waals surface area contributed by atoms with Gasteiger partial charge in [-0.3, -0.25) is 15.1 Å². The molecule has 0 amide bonds. The van der Waals surface area contributed by atoms with Crippen LogP contribution < -0.4 is 9.47 Å². The molecule has 6 nitrogen and oxygen atoms in total. The maximum Gasteiger partial charge on any atom is 0.269 e. The van der Waals surface area contributed by atoms with E-state index in [4.69, 9.17) is 14.5 Å². The average molecular weight is 366 g/mol. The molecule has 2 aromatic rings. The minimum absolute atomic E-state index is 0.0817. The second-order valence-electron chi connectivity index (χ2n) is 7.03. The number of fused-ring (bicyclic) bond motifs is 3. The highest BCUT2D eigenvalue weighted by molar-refractivity contribution is 6.15. The van der Waals surface area contributed by atoms with Crippen molar-refractivity contribution >= 4 is 11.4 Å². The normalized spacial score (nSPS) is 20.9. The number of nitro benzene ring substituents is 1. The van der Waals surface area contributed by atoms with Gasteiger partial charge in [0.05, 0.1) is 30.9 Å². The molecule has 2 aromatic carbocycles. The lowest BCUT2D eigenvalue weighted by atomic mass is 9.75. The third-order valence-corrected chi connectivity index (χ3v) is 5.59. The van der Waals surface area contributed by atoms with Crippen LogP contribution in [0.25, 0.3) is 0 Å². The highest BCUT2D eigenvalue weighted by atomic mass is 16.6. The largest absolute Gasteiger partial charge is 0.493 e. The van der Waals surface area contributed by atoms with Crippen molar-refractivity contribution in [2.45, 2.75) is 37.6 Å². The topological polar surface area (TPSA) is 74.0 Å². The molecule has 1 saturated carbocycles. The Bertz CT molecular complexity index is 905. The SMILES string of the molecule is COc1cc2c(cc1OC)[C@@H]1CCCC[C@@H]1N=C2c1ccc([N+](=O)[O-])cc1. The quantitative estimate of drug-likeness (QED) is 0.590. The van der Waals surface area contributed by atoms with Crippen LogP contribution in [-0.2, 0) is 0 Å². The number of methoxy groups -OCH3 is 2. The summed E-state index contributed by atoms with van der Waals surface area (Å²) in [5.74, 6) is 1.78. The molecule has 1 aliphatic carbocycles. The summed E-state index contributed by atoms with van der Waals surface area (Å²) in [6.07, 6.45) is 4.57. The summed E-state index contributed by atoms with van der Waals surface area (Å²) >= 11 is 0. The smallest absolute Gasteiger partial charge is 0.269 e. The molecule has 0 bridgehead atoms. The minimum atomic E-state index is -0.383. The van der Waals surface area contributed by atoms with Gasteiger partial charge in [0.15, 0.2) is 11.5 Å². The number of ether oxygens (including phenoxy) is 2. The minimum Gasteiger partial charge on any atom is -0.493 e. The number of aliphatic imine (C=N–C) groups is 1. The van der Waals surface area contributed by atoms with Crippen molar-refractivity contribution in [1.29, 1.82) is 0 Å². The molecule has 0 aromatic heterocycles. The first-order chi connectivity index (χ1) is 13.1. The van der Waals surface area contributed by atoms with E-state index >= 15 is 0 Å². The molecule has 1 heterocycles. The van der Waals surface area contributed by atoms with Gasteiger partial charge in [-0.25, -0.2) is 0 Å². The Morgan fingerprint density at radius 1 is 1.04 bits per heavy atom. The number of hydrogen-bond donors (Lipinski definition) is 0. The molecule has 1 aliphatic heterocycles. The Labute approximate surface area is 158 Å². The van der Waals surface area contributed by atoms with E-state index in [0.29, 0.717) is 11.7 Å². The van der Waals surface area contributed by atoms with Gasteiger partial charge in [0, 0.05) is 29.2 Å². The Balaban J connectivity index is 1.86. The van der Waals surface area contributed by atoms with E-state index < -0.39 is 0 Å². The maximum atomic E-state index is 11.0. The zero-order chi connectivity index (χ0) is 19.0. The van der Waals surface area contributed by atoms with E-state index in [1.165, 1.54) is 30.5 Å². The van der Waals surface area contributed by atoms with Crippen LogP contribution in [0.4, 0.5) is 5.69 Å². The van der Waals surface area contributed by atoms with E-state index in [0.717, 1.165) is 35.4 Å². The van der Waals surface area contributed by atoms with Crippen LogP contribution in [0.3, 0.4) is 0 Å². The molecule has 2 aliphatic rings. The summed E-state index contributed by atoms with van der Waals surface area (Å²) < 4.78 is 11.0. The average Bonchev–Trinajstić information content (AvgIpc) is 2.72. The first kappa shape index (κ1) is 17.5. The first-order valence-electron chi connectivity index (χ1n) is 9.21. The second kappa shape index (κ2) is 7.02. The highest BCUT2D eigenvalue weighted by Crippen LogP contribution is 2.44. The Morgan fingerprint density at radius 3 is 2.37 bits per heavy atom. The number of nitrogens with zero attached hydrogens (tertiary/aromatic N) is 2. The van der Waals surface area contributed by atoms with E-state index in [1.54, 1.807) is 26.4 Å². The lowest BCUT2D eigenvalue weighted by molar-refractivity contribution is -0.384. The van der Waals surface area contributed by atoms with Gasteiger partial charge in [-0.2, -0.15) is 0 Å². The predicted octanol–water partition coefficient (Wildman–Crippen LogP) is 4.49. The summed E-state index contributed by atoms with van der Waals surface area (Å²) in [7, 11) is 3.27. The Morgan fingerprint density at radius 2 is 1.70 bits per heavy atom. The van der Waals surface area contributed by atoms with Gasteiger partial charge >= 0.3 is 0 Å². The van der Waals surface area contributed by atoms with Crippen molar-refractivity contribution in [1.82, 2.24) is 0 Å². The molecular formula is C21H22N2O4. The molecule has 2 atom stereocenters. The van der Waals surface area contributed by atoms with Gasteiger partial charge in [0.2, 0.25) is 0 Å². The van der Waals surface area contributed by atoms with Crippen LogP contribution in [-0.4, -0.2) is 30.9 Å². The molecule has 27 heavy (non-hydrogen) atoms. The van der Waals surface area contributed by atoms with Crippen molar-refractivity contribution in [3.05, 3.63) is 63.2 Å². The standard InChI is InChI=1S/C21H22N2O4/c1-26-19-11-16-15-5-3-4-6-18(15)22-21(17(16)12-20(19)27-2)13-7-9-14(10-8-13)23(24)25/h7-12,15,18H,3-6H2,1-2H3/t15-,18-/m0/s1. The summed E-state index contributed by atoms with van der Waals surface area (Å²) in [5, 5.41) is 11.0. The second-order valence-corrected chi connectivity index (χ2v) is 7.03. The maximum absolute atomic E-state index is 11.0. The Hall–Kier alpha value is -2.89. The molecule has 0 N–H and O–H groups in total. The molecule has 0 radical (unpaired) electrons.